The number of aryl methyl sites for hydroxylation is 2. The normalized spacial score (nSPS) is 11.4. The van der Waals surface area contributed by atoms with Gasteiger partial charge in [0.25, 0.3) is 11.8 Å². The summed E-state index contributed by atoms with van der Waals surface area (Å²) >= 11 is 0. The molecule has 2 rings (SSSR count). The lowest BCUT2D eigenvalue weighted by atomic mass is 10.1. The number of carbonyl (C=O) groups is 2. The fourth-order valence-electron chi connectivity index (χ4n) is 2.50. The van der Waals surface area contributed by atoms with Crippen LogP contribution in [0.3, 0.4) is 0 Å². The summed E-state index contributed by atoms with van der Waals surface area (Å²) < 4.78 is 38.2. The van der Waals surface area contributed by atoms with Crippen molar-refractivity contribution in [3.63, 3.8) is 0 Å². The summed E-state index contributed by atoms with van der Waals surface area (Å²) in [6.45, 7) is 6.67. The molecule has 0 spiro atoms. The van der Waals surface area contributed by atoms with Gasteiger partial charge in [-0.3, -0.25) is 9.59 Å². The summed E-state index contributed by atoms with van der Waals surface area (Å²) in [4.78, 5) is 28.4. The van der Waals surface area contributed by atoms with Crippen LogP contribution in [0.25, 0.3) is 0 Å². The van der Waals surface area contributed by atoms with Crippen molar-refractivity contribution in [2.45, 2.75) is 39.9 Å². The van der Waals surface area contributed by atoms with Gasteiger partial charge < -0.3 is 10.6 Å². The van der Waals surface area contributed by atoms with Gasteiger partial charge in [-0.1, -0.05) is 12.1 Å². The second kappa shape index (κ2) is 7.77. The van der Waals surface area contributed by atoms with Gasteiger partial charge in [0.05, 0.1) is 22.5 Å². The molecule has 1 aromatic heterocycles. The molecule has 1 heterocycles. The van der Waals surface area contributed by atoms with Gasteiger partial charge in [-0.2, -0.15) is 13.2 Å². The predicted octanol–water partition coefficient (Wildman–Crippen LogP) is 4.11. The van der Waals surface area contributed by atoms with Crippen LogP contribution in [-0.4, -0.2) is 22.8 Å². The number of hydrogen-bond acceptors (Lipinski definition) is 3. The lowest BCUT2D eigenvalue weighted by Crippen LogP contribution is -2.31. The minimum Gasteiger partial charge on any atom is -0.350 e. The molecule has 0 bridgehead atoms. The predicted molar refractivity (Wildman–Crippen MR) is 95.7 cm³/mol. The van der Waals surface area contributed by atoms with Gasteiger partial charge in [-0.25, -0.2) is 4.98 Å². The summed E-state index contributed by atoms with van der Waals surface area (Å²) in [6, 6.07) is 6.71. The van der Waals surface area contributed by atoms with Crippen LogP contribution in [0.2, 0.25) is 0 Å². The number of nitrogens with zero attached hydrogens (tertiary/aromatic N) is 1. The lowest BCUT2D eigenvalue weighted by molar-refractivity contribution is -0.141. The van der Waals surface area contributed by atoms with E-state index in [0.29, 0.717) is 11.3 Å². The van der Waals surface area contributed by atoms with Crippen molar-refractivity contribution in [3.8, 4) is 0 Å². The summed E-state index contributed by atoms with van der Waals surface area (Å²) in [7, 11) is 0. The topological polar surface area (TPSA) is 71.1 Å². The molecule has 0 saturated carbocycles. The van der Waals surface area contributed by atoms with Crippen LogP contribution in [0.4, 0.5) is 18.9 Å². The summed E-state index contributed by atoms with van der Waals surface area (Å²) in [5.74, 6) is -0.993. The number of halogens is 3. The van der Waals surface area contributed by atoms with Gasteiger partial charge >= 0.3 is 6.18 Å². The number of rotatable bonds is 4. The van der Waals surface area contributed by atoms with Crippen LogP contribution in [0.1, 0.15) is 51.5 Å². The molecular formula is C19H20F3N3O2. The number of benzene rings is 1. The minimum atomic E-state index is -4.59. The van der Waals surface area contributed by atoms with Crippen molar-refractivity contribution in [3.05, 3.63) is 58.4 Å². The molecule has 2 N–H and O–H groups in total. The van der Waals surface area contributed by atoms with Crippen molar-refractivity contribution in [1.82, 2.24) is 10.3 Å². The fraction of sp³-hybridized carbons (Fsp3) is 0.316. The first-order valence-corrected chi connectivity index (χ1v) is 8.27. The highest BCUT2D eigenvalue weighted by Gasteiger charge is 2.33. The first kappa shape index (κ1) is 20.4. The smallest absolute Gasteiger partial charge is 0.350 e. The van der Waals surface area contributed by atoms with Gasteiger partial charge in [-0.05, 0) is 51.5 Å². The Morgan fingerprint density at radius 1 is 1.00 bits per heavy atom. The maximum Gasteiger partial charge on any atom is 0.433 e. The zero-order valence-electron chi connectivity index (χ0n) is 15.4. The minimum absolute atomic E-state index is 0.00136. The second-order valence-electron chi connectivity index (χ2n) is 6.41. The number of aromatic nitrogens is 1. The monoisotopic (exact) mass is 379 g/mol. The highest BCUT2D eigenvalue weighted by Crippen LogP contribution is 2.28. The average molecular weight is 379 g/mol. The van der Waals surface area contributed by atoms with Crippen molar-refractivity contribution >= 4 is 17.5 Å². The number of nitrogens with one attached hydrogen (secondary N) is 2. The summed E-state index contributed by atoms with van der Waals surface area (Å²) in [6.07, 6.45) is -4.59. The molecule has 0 radical (unpaired) electrons. The van der Waals surface area contributed by atoms with Crippen molar-refractivity contribution < 1.29 is 22.8 Å². The van der Waals surface area contributed by atoms with E-state index >= 15 is 0 Å². The second-order valence-corrected chi connectivity index (χ2v) is 6.41. The van der Waals surface area contributed by atoms with Crippen LogP contribution < -0.4 is 10.6 Å². The van der Waals surface area contributed by atoms with E-state index in [1.807, 2.05) is 13.8 Å². The molecule has 0 aliphatic rings. The first-order valence-electron chi connectivity index (χ1n) is 8.27. The number of hydrogen-bond donors (Lipinski definition) is 2. The molecule has 0 unspecified atom stereocenters. The molecule has 0 saturated heterocycles. The van der Waals surface area contributed by atoms with E-state index in [1.54, 1.807) is 25.1 Å². The number of alkyl halides is 3. The molecule has 0 fully saturated rings. The Balaban J connectivity index is 2.35. The zero-order chi connectivity index (χ0) is 20.4. The summed E-state index contributed by atoms with van der Waals surface area (Å²) in [5, 5.41) is 5.37. The van der Waals surface area contributed by atoms with Gasteiger partial charge in [0.15, 0.2) is 0 Å². The SMILES string of the molecule is Cc1cccc(C(=O)NC(C)C)c1NC(=O)c1ccc(C(F)(F)F)nc1C. The fourth-order valence-corrected chi connectivity index (χ4v) is 2.50. The highest BCUT2D eigenvalue weighted by molar-refractivity contribution is 6.10. The largest absolute Gasteiger partial charge is 0.433 e. The quantitative estimate of drug-likeness (QED) is 0.840. The van der Waals surface area contributed by atoms with Crippen molar-refractivity contribution in [2.75, 3.05) is 5.32 Å². The van der Waals surface area contributed by atoms with Crippen molar-refractivity contribution in [1.29, 1.82) is 0 Å². The summed E-state index contributed by atoms with van der Waals surface area (Å²) in [5.41, 5.74) is 0.113. The Labute approximate surface area is 155 Å². The number of amides is 2. The number of anilines is 1. The molecule has 2 aromatic rings. The molecule has 0 aliphatic carbocycles. The van der Waals surface area contributed by atoms with Gasteiger partial charge in [0.2, 0.25) is 0 Å². The number of pyridine rings is 1. The average Bonchev–Trinajstić information content (AvgIpc) is 2.54. The van der Waals surface area contributed by atoms with E-state index in [2.05, 4.69) is 15.6 Å². The molecule has 8 heteroatoms. The standard InChI is InChI=1S/C19H20F3N3O2/c1-10(2)23-18(27)14-7-5-6-11(3)16(14)25-17(26)13-8-9-15(19(20,21)22)24-12(13)4/h5-10H,1-4H3,(H,23,27)(H,25,26). The van der Waals surface area contributed by atoms with Crippen LogP contribution in [-0.2, 0) is 6.18 Å². The molecule has 144 valence electrons. The van der Waals surface area contributed by atoms with Crippen LogP contribution >= 0.6 is 0 Å². The van der Waals surface area contributed by atoms with Crippen molar-refractivity contribution in [2.24, 2.45) is 0 Å². The van der Waals surface area contributed by atoms with Crippen LogP contribution in [0, 0.1) is 13.8 Å². The molecular weight excluding hydrogens is 359 g/mol. The third-order valence-corrected chi connectivity index (χ3v) is 3.80. The Morgan fingerprint density at radius 2 is 1.67 bits per heavy atom. The van der Waals surface area contributed by atoms with E-state index < -0.39 is 17.8 Å². The Morgan fingerprint density at radius 3 is 2.22 bits per heavy atom. The maximum atomic E-state index is 12.7. The molecule has 0 aliphatic heterocycles. The Bertz CT molecular complexity index is 877. The van der Waals surface area contributed by atoms with E-state index in [-0.39, 0.29) is 28.8 Å². The zero-order valence-corrected chi connectivity index (χ0v) is 15.4. The Kier molecular flexibility index (Phi) is 5.88. The molecule has 5 nitrogen and oxygen atoms in total. The van der Waals surface area contributed by atoms with E-state index in [0.717, 1.165) is 12.1 Å². The number of para-hydroxylation sites is 1. The lowest BCUT2D eigenvalue weighted by Gasteiger charge is -2.16. The Hall–Kier alpha value is -2.90. The third-order valence-electron chi connectivity index (χ3n) is 3.80. The van der Waals surface area contributed by atoms with E-state index in [4.69, 9.17) is 0 Å². The highest BCUT2D eigenvalue weighted by atomic mass is 19.4. The molecule has 2 amide bonds. The molecule has 27 heavy (non-hydrogen) atoms. The molecule has 0 atom stereocenters. The van der Waals surface area contributed by atoms with Gasteiger partial charge in [0.1, 0.15) is 5.69 Å². The van der Waals surface area contributed by atoms with Crippen LogP contribution in [0.5, 0.6) is 0 Å². The van der Waals surface area contributed by atoms with Crippen LogP contribution in [0.15, 0.2) is 30.3 Å². The van der Waals surface area contributed by atoms with E-state index in [9.17, 15) is 22.8 Å². The number of carbonyl (C=O) groups excluding carboxylic acids is 2. The first-order chi connectivity index (χ1) is 12.5. The van der Waals surface area contributed by atoms with E-state index in [1.165, 1.54) is 6.92 Å². The third kappa shape index (κ3) is 4.84. The molecule has 1 aromatic carbocycles. The van der Waals surface area contributed by atoms with Gasteiger partial charge in [-0.15, -0.1) is 0 Å². The van der Waals surface area contributed by atoms with Gasteiger partial charge in [0, 0.05) is 6.04 Å². The maximum absolute atomic E-state index is 12.7.